The van der Waals surface area contributed by atoms with Gasteiger partial charge in [0.15, 0.2) is 0 Å². The van der Waals surface area contributed by atoms with Crippen LogP contribution in [-0.4, -0.2) is 61.3 Å². The third kappa shape index (κ3) is 3.41. The van der Waals surface area contributed by atoms with Crippen molar-refractivity contribution in [3.8, 4) is 0 Å². The van der Waals surface area contributed by atoms with Crippen molar-refractivity contribution in [1.29, 1.82) is 0 Å². The van der Waals surface area contributed by atoms with Crippen molar-refractivity contribution in [3.05, 3.63) is 0 Å². The molecule has 0 spiro atoms. The summed E-state index contributed by atoms with van der Waals surface area (Å²) >= 11 is 0. The molecule has 0 aromatic rings. The Kier molecular flexibility index (Phi) is 3.96. The normalized spacial score (nSPS) is 28.7. The number of amides is 1. The summed E-state index contributed by atoms with van der Waals surface area (Å²) in [5, 5.41) is 11.5. The number of aliphatic carboxylic acids is 1. The SMILES string of the molecule is O=C(O)C1CC1C(=O)NCCN1CCOCC1. The smallest absolute Gasteiger partial charge is 0.307 e. The number of rotatable bonds is 5. The molecule has 1 saturated carbocycles. The average Bonchev–Trinajstić information content (AvgIpc) is 3.10. The first kappa shape index (κ1) is 12.3. The van der Waals surface area contributed by atoms with Gasteiger partial charge in [-0.3, -0.25) is 14.5 Å². The van der Waals surface area contributed by atoms with Crippen molar-refractivity contribution in [2.75, 3.05) is 39.4 Å². The van der Waals surface area contributed by atoms with Gasteiger partial charge in [0.25, 0.3) is 0 Å². The van der Waals surface area contributed by atoms with E-state index in [2.05, 4.69) is 10.2 Å². The van der Waals surface area contributed by atoms with Crippen LogP contribution >= 0.6 is 0 Å². The zero-order chi connectivity index (χ0) is 12.3. The number of carboxylic acids is 1. The number of nitrogens with one attached hydrogen (secondary N) is 1. The number of carbonyl (C=O) groups excluding carboxylic acids is 1. The highest BCUT2D eigenvalue weighted by Crippen LogP contribution is 2.38. The predicted octanol–water partition coefficient (Wildman–Crippen LogP) is -0.844. The molecule has 0 radical (unpaired) electrons. The van der Waals surface area contributed by atoms with Gasteiger partial charge in [-0.05, 0) is 6.42 Å². The maximum absolute atomic E-state index is 11.5. The molecule has 2 unspecified atom stereocenters. The van der Waals surface area contributed by atoms with Gasteiger partial charge in [-0.1, -0.05) is 0 Å². The second-order valence-corrected chi connectivity index (χ2v) is 4.53. The monoisotopic (exact) mass is 242 g/mol. The molecule has 96 valence electrons. The summed E-state index contributed by atoms with van der Waals surface area (Å²) in [4.78, 5) is 24.4. The predicted molar refractivity (Wildman–Crippen MR) is 59.5 cm³/mol. The Labute approximate surface area is 99.9 Å². The van der Waals surface area contributed by atoms with E-state index in [1.807, 2.05) is 0 Å². The Morgan fingerprint density at radius 1 is 1.29 bits per heavy atom. The van der Waals surface area contributed by atoms with Gasteiger partial charge in [-0.2, -0.15) is 0 Å². The largest absolute Gasteiger partial charge is 0.481 e. The van der Waals surface area contributed by atoms with E-state index in [1.165, 1.54) is 0 Å². The fourth-order valence-electron chi connectivity index (χ4n) is 2.05. The maximum atomic E-state index is 11.5. The van der Waals surface area contributed by atoms with Crippen LogP contribution in [0.5, 0.6) is 0 Å². The molecule has 1 amide bonds. The van der Waals surface area contributed by atoms with Crippen LogP contribution < -0.4 is 5.32 Å². The summed E-state index contributed by atoms with van der Waals surface area (Å²) in [7, 11) is 0. The third-order valence-corrected chi connectivity index (χ3v) is 3.28. The summed E-state index contributed by atoms with van der Waals surface area (Å²) in [6.45, 7) is 4.69. The lowest BCUT2D eigenvalue weighted by molar-refractivity contribution is -0.140. The molecular weight excluding hydrogens is 224 g/mol. The Morgan fingerprint density at radius 2 is 2.00 bits per heavy atom. The first-order valence-corrected chi connectivity index (χ1v) is 5.99. The standard InChI is InChI=1S/C11H18N2O4/c14-10(8-7-9(8)11(15)16)12-1-2-13-3-5-17-6-4-13/h8-9H,1-7H2,(H,12,14)(H,15,16). The van der Waals surface area contributed by atoms with Gasteiger partial charge in [0.05, 0.1) is 25.0 Å². The molecule has 6 heteroatoms. The van der Waals surface area contributed by atoms with E-state index in [0.717, 1.165) is 32.8 Å². The lowest BCUT2D eigenvalue weighted by Crippen LogP contribution is -2.41. The molecule has 2 fully saturated rings. The van der Waals surface area contributed by atoms with E-state index in [1.54, 1.807) is 0 Å². The topological polar surface area (TPSA) is 78.9 Å². The molecule has 0 bridgehead atoms. The maximum Gasteiger partial charge on any atom is 0.307 e. The van der Waals surface area contributed by atoms with Crippen LogP contribution in [0.2, 0.25) is 0 Å². The van der Waals surface area contributed by atoms with E-state index >= 15 is 0 Å². The first-order chi connectivity index (χ1) is 8.18. The highest BCUT2D eigenvalue weighted by Gasteiger charge is 2.48. The molecule has 1 heterocycles. The highest BCUT2D eigenvalue weighted by molar-refractivity contribution is 5.89. The lowest BCUT2D eigenvalue weighted by Gasteiger charge is -2.26. The number of hydrogen-bond donors (Lipinski definition) is 2. The van der Waals surface area contributed by atoms with Gasteiger partial charge in [0.2, 0.25) is 5.91 Å². The van der Waals surface area contributed by atoms with Crippen LogP contribution in [0, 0.1) is 11.8 Å². The van der Waals surface area contributed by atoms with Crippen LogP contribution in [0.4, 0.5) is 0 Å². The fraction of sp³-hybridized carbons (Fsp3) is 0.818. The van der Waals surface area contributed by atoms with Gasteiger partial charge < -0.3 is 15.2 Å². The van der Waals surface area contributed by atoms with Gasteiger partial charge in [0.1, 0.15) is 0 Å². The molecule has 0 aromatic heterocycles. The molecule has 2 rings (SSSR count). The molecule has 6 nitrogen and oxygen atoms in total. The van der Waals surface area contributed by atoms with Crippen LogP contribution in [0.1, 0.15) is 6.42 Å². The highest BCUT2D eigenvalue weighted by atomic mass is 16.5. The Balaban J connectivity index is 1.59. The number of carbonyl (C=O) groups is 2. The lowest BCUT2D eigenvalue weighted by atomic mass is 10.3. The van der Waals surface area contributed by atoms with Crippen molar-refractivity contribution in [2.45, 2.75) is 6.42 Å². The van der Waals surface area contributed by atoms with Crippen LogP contribution in [0.25, 0.3) is 0 Å². The van der Waals surface area contributed by atoms with Crippen molar-refractivity contribution in [1.82, 2.24) is 10.2 Å². The van der Waals surface area contributed by atoms with Crippen LogP contribution in [0.15, 0.2) is 0 Å². The second kappa shape index (κ2) is 5.46. The van der Waals surface area contributed by atoms with Crippen molar-refractivity contribution in [3.63, 3.8) is 0 Å². The third-order valence-electron chi connectivity index (χ3n) is 3.28. The minimum Gasteiger partial charge on any atom is -0.481 e. The fourth-order valence-corrected chi connectivity index (χ4v) is 2.05. The first-order valence-electron chi connectivity index (χ1n) is 5.99. The quantitative estimate of drug-likeness (QED) is 0.657. The van der Waals surface area contributed by atoms with Gasteiger partial charge in [-0.25, -0.2) is 0 Å². The van der Waals surface area contributed by atoms with E-state index < -0.39 is 11.9 Å². The van der Waals surface area contributed by atoms with Crippen LogP contribution in [-0.2, 0) is 14.3 Å². The van der Waals surface area contributed by atoms with Gasteiger partial charge in [-0.15, -0.1) is 0 Å². The minimum atomic E-state index is -0.863. The summed E-state index contributed by atoms with van der Waals surface area (Å²) < 4.78 is 5.22. The number of ether oxygens (including phenoxy) is 1. The minimum absolute atomic E-state index is 0.120. The average molecular weight is 242 g/mol. The molecule has 17 heavy (non-hydrogen) atoms. The number of hydrogen-bond acceptors (Lipinski definition) is 4. The Bertz CT molecular complexity index is 302. The summed E-state index contributed by atoms with van der Waals surface area (Å²) in [6.07, 6.45) is 0.485. The number of morpholine rings is 1. The summed E-state index contributed by atoms with van der Waals surface area (Å²) in [5.41, 5.74) is 0. The number of nitrogens with zero attached hydrogens (tertiary/aromatic N) is 1. The molecule has 1 aliphatic carbocycles. The zero-order valence-corrected chi connectivity index (χ0v) is 9.72. The molecule has 2 atom stereocenters. The molecule has 0 aromatic carbocycles. The molecule has 2 aliphatic rings. The molecular formula is C11H18N2O4. The van der Waals surface area contributed by atoms with E-state index in [9.17, 15) is 9.59 Å². The molecule has 1 saturated heterocycles. The second-order valence-electron chi connectivity index (χ2n) is 4.53. The van der Waals surface area contributed by atoms with Crippen molar-refractivity contribution >= 4 is 11.9 Å². The summed E-state index contributed by atoms with van der Waals surface area (Å²) in [5.74, 6) is -1.75. The Morgan fingerprint density at radius 3 is 2.59 bits per heavy atom. The van der Waals surface area contributed by atoms with Crippen LogP contribution in [0.3, 0.4) is 0 Å². The molecule has 2 N–H and O–H groups in total. The van der Waals surface area contributed by atoms with Gasteiger partial charge in [0, 0.05) is 26.2 Å². The number of carboxylic acid groups (broad SMARTS) is 1. The van der Waals surface area contributed by atoms with Gasteiger partial charge >= 0.3 is 5.97 Å². The van der Waals surface area contributed by atoms with E-state index in [4.69, 9.17) is 9.84 Å². The van der Waals surface area contributed by atoms with Crippen molar-refractivity contribution in [2.24, 2.45) is 11.8 Å². The van der Waals surface area contributed by atoms with Crippen molar-refractivity contribution < 1.29 is 19.4 Å². The molecule has 1 aliphatic heterocycles. The Hall–Kier alpha value is -1.14. The zero-order valence-electron chi connectivity index (χ0n) is 9.72. The summed E-state index contributed by atoms with van der Waals surface area (Å²) in [6, 6.07) is 0. The van der Waals surface area contributed by atoms with E-state index in [-0.39, 0.29) is 11.8 Å². The van der Waals surface area contributed by atoms with E-state index in [0.29, 0.717) is 13.0 Å².